The summed E-state index contributed by atoms with van der Waals surface area (Å²) in [5, 5.41) is 0.693. The molecule has 6 nitrogen and oxygen atoms in total. The van der Waals surface area contributed by atoms with Gasteiger partial charge in [-0.1, -0.05) is 18.2 Å². The number of piperazine rings is 1. The van der Waals surface area contributed by atoms with Crippen LogP contribution in [0.1, 0.15) is 30.1 Å². The molecule has 1 aromatic carbocycles. The third-order valence-electron chi connectivity index (χ3n) is 5.03. The van der Waals surface area contributed by atoms with E-state index < -0.39 is 17.6 Å². The topological polar surface area (TPSA) is 70.8 Å². The molecule has 0 spiro atoms. The Bertz CT molecular complexity index is 888. The first-order valence-electron chi connectivity index (χ1n) is 8.20. The van der Waals surface area contributed by atoms with E-state index in [-0.39, 0.29) is 17.5 Å². The molecule has 2 fully saturated rings. The molecule has 6 heteroatoms. The smallest absolute Gasteiger partial charge is 0.349 e. The molecule has 4 rings (SSSR count). The molecular formula is C18H18N2O4. The first kappa shape index (κ1) is 14.9. The second-order valence-electron chi connectivity index (χ2n) is 6.45. The van der Waals surface area contributed by atoms with Crippen molar-refractivity contribution < 1.29 is 14.0 Å². The first-order chi connectivity index (χ1) is 11.6. The van der Waals surface area contributed by atoms with Gasteiger partial charge in [0.1, 0.15) is 17.2 Å². The third-order valence-corrected chi connectivity index (χ3v) is 5.03. The highest BCUT2D eigenvalue weighted by Crippen LogP contribution is 2.26. The number of benzene rings is 1. The van der Waals surface area contributed by atoms with Gasteiger partial charge >= 0.3 is 5.63 Å². The van der Waals surface area contributed by atoms with Crippen LogP contribution in [0.3, 0.4) is 0 Å². The number of rotatable bonds is 1. The SMILES string of the molecule is C[C@H]1C(=O)N2CCC[C@H]2CN1C(=O)c1cc2ccccc2oc1=O. The summed E-state index contributed by atoms with van der Waals surface area (Å²) in [6.07, 6.45) is 1.86. The number of hydrogen-bond donors (Lipinski definition) is 0. The van der Waals surface area contributed by atoms with Gasteiger partial charge in [-0.05, 0) is 31.9 Å². The van der Waals surface area contributed by atoms with E-state index in [4.69, 9.17) is 4.42 Å². The Morgan fingerprint density at radius 3 is 2.88 bits per heavy atom. The van der Waals surface area contributed by atoms with Gasteiger partial charge < -0.3 is 14.2 Å². The molecule has 2 aliphatic rings. The summed E-state index contributed by atoms with van der Waals surface area (Å²) in [6, 6.07) is 8.13. The minimum Gasteiger partial charge on any atom is -0.422 e. The second kappa shape index (κ2) is 5.47. The molecule has 24 heavy (non-hydrogen) atoms. The fourth-order valence-corrected chi connectivity index (χ4v) is 3.70. The van der Waals surface area contributed by atoms with Gasteiger partial charge in [0.2, 0.25) is 5.91 Å². The van der Waals surface area contributed by atoms with Crippen LogP contribution < -0.4 is 5.63 Å². The van der Waals surface area contributed by atoms with Gasteiger partial charge in [-0.2, -0.15) is 0 Å². The molecule has 0 radical (unpaired) electrons. The lowest BCUT2D eigenvalue weighted by atomic mass is 10.1. The lowest BCUT2D eigenvalue weighted by Crippen LogP contribution is -2.60. The van der Waals surface area contributed by atoms with Gasteiger partial charge in [0.25, 0.3) is 5.91 Å². The summed E-state index contributed by atoms with van der Waals surface area (Å²) in [5.41, 5.74) is -0.226. The molecule has 2 aromatic rings. The molecule has 0 aliphatic carbocycles. The van der Waals surface area contributed by atoms with Crippen molar-refractivity contribution >= 4 is 22.8 Å². The highest BCUT2D eigenvalue weighted by Gasteiger charge is 2.42. The molecule has 0 saturated carbocycles. The van der Waals surface area contributed by atoms with Crippen molar-refractivity contribution in [2.75, 3.05) is 13.1 Å². The summed E-state index contributed by atoms with van der Waals surface area (Å²) < 4.78 is 5.26. The van der Waals surface area contributed by atoms with Crippen LogP contribution in [0.4, 0.5) is 0 Å². The number of para-hydroxylation sites is 1. The molecule has 3 heterocycles. The van der Waals surface area contributed by atoms with E-state index in [9.17, 15) is 14.4 Å². The molecule has 2 atom stereocenters. The molecule has 0 unspecified atom stereocenters. The highest BCUT2D eigenvalue weighted by molar-refractivity contribution is 5.99. The molecule has 0 N–H and O–H groups in total. The summed E-state index contributed by atoms with van der Waals surface area (Å²) in [5.74, 6) is -0.468. The van der Waals surface area contributed by atoms with Crippen LogP contribution in [0, 0.1) is 0 Å². The normalized spacial score (nSPS) is 23.6. The van der Waals surface area contributed by atoms with E-state index >= 15 is 0 Å². The predicted molar refractivity (Wildman–Crippen MR) is 87.7 cm³/mol. The van der Waals surface area contributed by atoms with E-state index in [1.807, 2.05) is 11.0 Å². The van der Waals surface area contributed by atoms with Crippen molar-refractivity contribution in [1.29, 1.82) is 0 Å². The predicted octanol–water partition coefficient (Wildman–Crippen LogP) is 1.63. The number of fused-ring (bicyclic) bond motifs is 2. The van der Waals surface area contributed by atoms with Crippen LogP contribution in [0.2, 0.25) is 0 Å². The van der Waals surface area contributed by atoms with Crippen LogP contribution in [-0.2, 0) is 4.79 Å². The summed E-state index contributed by atoms with van der Waals surface area (Å²) in [6.45, 7) is 2.95. The molecule has 2 aliphatic heterocycles. The Labute approximate surface area is 138 Å². The molecule has 124 valence electrons. The van der Waals surface area contributed by atoms with Crippen LogP contribution in [0.5, 0.6) is 0 Å². The second-order valence-corrected chi connectivity index (χ2v) is 6.45. The van der Waals surface area contributed by atoms with E-state index in [0.29, 0.717) is 17.5 Å². The summed E-state index contributed by atoms with van der Waals surface area (Å²) in [7, 11) is 0. The molecular weight excluding hydrogens is 308 g/mol. The van der Waals surface area contributed by atoms with Crippen molar-refractivity contribution in [3.63, 3.8) is 0 Å². The minimum absolute atomic E-state index is 0.0141. The van der Waals surface area contributed by atoms with Crippen LogP contribution in [-0.4, -0.2) is 46.8 Å². The van der Waals surface area contributed by atoms with Crippen molar-refractivity contribution in [3.05, 3.63) is 46.3 Å². The lowest BCUT2D eigenvalue weighted by Gasteiger charge is -2.41. The Morgan fingerprint density at radius 1 is 1.25 bits per heavy atom. The maximum Gasteiger partial charge on any atom is 0.349 e. The lowest BCUT2D eigenvalue weighted by molar-refractivity contribution is -0.141. The van der Waals surface area contributed by atoms with Gasteiger partial charge in [-0.3, -0.25) is 9.59 Å². The van der Waals surface area contributed by atoms with Crippen LogP contribution in [0.25, 0.3) is 11.0 Å². The van der Waals surface area contributed by atoms with Crippen LogP contribution >= 0.6 is 0 Å². The van der Waals surface area contributed by atoms with Gasteiger partial charge in [0.15, 0.2) is 0 Å². The van der Waals surface area contributed by atoms with Crippen LogP contribution in [0.15, 0.2) is 39.5 Å². The number of carbonyl (C=O) groups excluding carboxylic acids is 2. The van der Waals surface area contributed by atoms with Gasteiger partial charge in [0, 0.05) is 24.5 Å². The minimum atomic E-state index is -0.660. The molecule has 0 bridgehead atoms. The Balaban J connectivity index is 1.72. The Morgan fingerprint density at radius 2 is 2.04 bits per heavy atom. The van der Waals surface area contributed by atoms with Crippen molar-refractivity contribution in [3.8, 4) is 0 Å². The van der Waals surface area contributed by atoms with Gasteiger partial charge in [-0.25, -0.2) is 4.79 Å². The fraction of sp³-hybridized carbons (Fsp3) is 0.389. The zero-order chi connectivity index (χ0) is 16.8. The molecule has 1 aromatic heterocycles. The maximum absolute atomic E-state index is 12.9. The van der Waals surface area contributed by atoms with Crippen molar-refractivity contribution in [1.82, 2.24) is 9.80 Å². The molecule has 2 saturated heterocycles. The average Bonchev–Trinajstić information content (AvgIpc) is 3.05. The zero-order valence-corrected chi connectivity index (χ0v) is 13.4. The standard InChI is InChI=1S/C18H18N2O4/c1-11-16(21)19-8-4-6-13(19)10-20(11)17(22)14-9-12-5-2-3-7-15(12)24-18(14)23/h2-3,5,7,9,11,13H,4,6,8,10H2,1H3/t11-,13-/m0/s1. The average molecular weight is 326 g/mol. The van der Waals surface area contributed by atoms with E-state index in [0.717, 1.165) is 19.4 Å². The van der Waals surface area contributed by atoms with Crippen molar-refractivity contribution in [2.45, 2.75) is 31.8 Å². The number of amides is 2. The molecule has 2 amide bonds. The number of hydrogen-bond acceptors (Lipinski definition) is 4. The largest absolute Gasteiger partial charge is 0.422 e. The zero-order valence-electron chi connectivity index (χ0n) is 13.4. The number of carbonyl (C=O) groups is 2. The van der Waals surface area contributed by atoms with Gasteiger partial charge in [-0.15, -0.1) is 0 Å². The maximum atomic E-state index is 12.9. The number of nitrogens with zero attached hydrogens (tertiary/aromatic N) is 2. The summed E-state index contributed by atoms with van der Waals surface area (Å²) >= 11 is 0. The quantitative estimate of drug-likeness (QED) is 0.747. The highest BCUT2D eigenvalue weighted by atomic mass is 16.4. The monoisotopic (exact) mass is 326 g/mol. The Kier molecular flexibility index (Phi) is 3.40. The van der Waals surface area contributed by atoms with E-state index in [1.54, 1.807) is 31.2 Å². The van der Waals surface area contributed by atoms with Crippen molar-refractivity contribution in [2.24, 2.45) is 0 Å². The van der Waals surface area contributed by atoms with E-state index in [1.165, 1.54) is 4.90 Å². The fourth-order valence-electron chi connectivity index (χ4n) is 3.70. The first-order valence-corrected chi connectivity index (χ1v) is 8.20. The Hall–Kier alpha value is -2.63. The van der Waals surface area contributed by atoms with Gasteiger partial charge in [0.05, 0.1) is 0 Å². The third kappa shape index (κ3) is 2.21. The summed E-state index contributed by atoms with van der Waals surface area (Å²) in [4.78, 5) is 41.0. The van der Waals surface area contributed by atoms with E-state index in [2.05, 4.69) is 0 Å².